The number of hydrogen-bond acceptors (Lipinski definition) is 12. The van der Waals surface area contributed by atoms with Crippen LogP contribution in [0.5, 0.6) is 23.0 Å². The van der Waals surface area contributed by atoms with Gasteiger partial charge in [0.15, 0.2) is 17.5 Å². The fourth-order valence-electron chi connectivity index (χ4n) is 6.82. The third kappa shape index (κ3) is 5.16. The summed E-state index contributed by atoms with van der Waals surface area (Å²) in [4.78, 5) is 35.3. The first-order valence-corrected chi connectivity index (χ1v) is 16.0. The fourth-order valence-corrected chi connectivity index (χ4v) is 6.82. The smallest absolute Gasteiger partial charge is 0.340 e. The molecule has 14 heteroatoms. The highest BCUT2D eigenvalue weighted by Gasteiger charge is 2.54. The number of nitrogens with one attached hydrogen (secondary N) is 2. The molecule has 1 spiro atoms. The molecule has 1 saturated heterocycles. The molecule has 14 nitrogen and oxygen atoms in total. The van der Waals surface area contributed by atoms with Gasteiger partial charge in [-0.2, -0.15) is 5.10 Å². The average Bonchev–Trinajstić information content (AvgIpc) is 3.82. The van der Waals surface area contributed by atoms with Crippen LogP contribution in [0.3, 0.4) is 0 Å². The number of aliphatic hydroxyl groups excluding tert-OH is 1. The lowest BCUT2D eigenvalue weighted by Gasteiger charge is -2.36. The Balaban J connectivity index is 0.939. The van der Waals surface area contributed by atoms with E-state index in [9.17, 15) is 24.9 Å². The minimum Gasteiger partial charge on any atom is -0.508 e. The molecule has 2 atom stereocenters. The number of unbranched alkanes of at least 4 members (excludes halogenated alkanes) is 1. The highest BCUT2D eigenvalue weighted by atomic mass is 16.6. The number of carbonyl (C=O) groups excluding carboxylic acids is 2. The van der Waals surface area contributed by atoms with E-state index in [1.165, 1.54) is 30.6 Å². The molecule has 250 valence electrons. The van der Waals surface area contributed by atoms with Crippen molar-refractivity contribution in [2.45, 2.75) is 43.6 Å². The summed E-state index contributed by atoms with van der Waals surface area (Å²) in [6, 6.07) is 13.9. The topological polar surface area (TPSA) is 190 Å². The first-order chi connectivity index (χ1) is 23.9. The van der Waals surface area contributed by atoms with E-state index < -0.39 is 11.6 Å². The highest BCUT2D eigenvalue weighted by Crippen LogP contribution is 2.57. The van der Waals surface area contributed by atoms with Crippen LogP contribution in [0.25, 0.3) is 11.0 Å². The number of phenolic OH excluding ortho intramolecular Hbond substituents is 2. The summed E-state index contributed by atoms with van der Waals surface area (Å²) in [6.45, 7) is 0.992. The van der Waals surface area contributed by atoms with Gasteiger partial charge in [0.2, 0.25) is 0 Å². The summed E-state index contributed by atoms with van der Waals surface area (Å²) in [5.41, 5.74) is 1.28. The maximum atomic E-state index is 13.3. The number of aromatic hydroxyl groups is 2. The Kier molecular flexibility index (Phi) is 7.53. The van der Waals surface area contributed by atoms with Crippen LogP contribution in [-0.4, -0.2) is 72.7 Å². The van der Waals surface area contributed by atoms with Crippen molar-refractivity contribution in [3.63, 3.8) is 0 Å². The highest BCUT2D eigenvalue weighted by molar-refractivity contribution is 6.00. The van der Waals surface area contributed by atoms with Crippen LogP contribution < -0.4 is 15.4 Å². The Morgan fingerprint density at radius 3 is 2.43 bits per heavy atom. The summed E-state index contributed by atoms with van der Waals surface area (Å²) < 4.78 is 19.7. The largest absolute Gasteiger partial charge is 0.508 e. The first-order valence-electron chi connectivity index (χ1n) is 16.0. The number of rotatable bonds is 9. The first kappa shape index (κ1) is 30.6. The minimum absolute atomic E-state index is 0.0265. The van der Waals surface area contributed by atoms with Crippen molar-refractivity contribution in [2.75, 3.05) is 25.0 Å². The second-order valence-corrected chi connectivity index (χ2v) is 12.2. The molecule has 3 aromatic carbocycles. The van der Waals surface area contributed by atoms with Crippen LogP contribution >= 0.6 is 0 Å². The maximum Gasteiger partial charge on any atom is 0.340 e. The molecule has 2 aromatic heterocycles. The Labute approximate surface area is 279 Å². The van der Waals surface area contributed by atoms with Gasteiger partial charge in [0.25, 0.3) is 5.91 Å². The van der Waals surface area contributed by atoms with Gasteiger partial charge in [0.1, 0.15) is 35.1 Å². The third-order valence-corrected chi connectivity index (χ3v) is 9.17. The molecule has 0 unspecified atom stereocenters. The zero-order valence-corrected chi connectivity index (χ0v) is 26.1. The van der Waals surface area contributed by atoms with Crippen LogP contribution in [0.1, 0.15) is 69.3 Å². The van der Waals surface area contributed by atoms with Crippen molar-refractivity contribution >= 4 is 28.7 Å². The maximum absolute atomic E-state index is 13.3. The monoisotopic (exact) mass is 664 g/mol. The predicted molar refractivity (Wildman–Crippen MR) is 174 cm³/mol. The number of phenols is 2. The normalized spacial score (nSPS) is 18.4. The summed E-state index contributed by atoms with van der Waals surface area (Å²) in [6.07, 6.45) is 5.64. The second kappa shape index (κ2) is 12.1. The Bertz CT molecular complexity index is 2060. The summed E-state index contributed by atoms with van der Waals surface area (Å²) in [5, 5.41) is 41.3. The van der Waals surface area contributed by atoms with Crippen LogP contribution in [0.2, 0.25) is 0 Å². The number of nitrogens with zero attached hydrogens (tertiary/aromatic N) is 4. The van der Waals surface area contributed by atoms with Crippen LogP contribution in [0.4, 0.5) is 5.82 Å². The zero-order chi connectivity index (χ0) is 33.7. The molecule has 5 aromatic rings. The number of benzene rings is 3. The van der Waals surface area contributed by atoms with E-state index in [-0.39, 0.29) is 47.8 Å². The van der Waals surface area contributed by atoms with E-state index in [1.54, 1.807) is 41.2 Å². The third-order valence-electron chi connectivity index (χ3n) is 9.17. The standard InChI is InChI=1S/C35H32N6O8/c42-17-22-6-10-30(47-22)41-32-24(16-40-41)31(38-18-39-32)36-11-1-2-12-37-33(45)19-3-7-23-27(13-19)35(49-34(23)46)25-8-4-20(43)14-28(25)48-29-15-21(44)5-9-26(29)35/h3-5,7-9,13-16,18,22,30,42-44H,1-2,6,10-12,17H2,(H,37,45)(H,36,38,39)/t22-,30-/m0/s1. The molecule has 8 rings (SSSR count). The Hall–Kier alpha value is -5.73. The number of ether oxygens (including phenoxy) is 3. The second-order valence-electron chi connectivity index (χ2n) is 12.2. The number of esters is 1. The van der Waals surface area contributed by atoms with Gasteiger partial charge in [-0.1, -0.05) is 0 Å². The van der Waals surface area contributed by atoms with Crippen LogP contribution in [0, 0.1) is 0 Å². The molecule has 0 saturated carbocycles. The molecule has 5 N–H and O–H groups in total. The quantitative estimate of drug-likeness (QED) is 0.112. The molecule has 3 aliphatic rings. The number of aromatic nitrogens is 4. The van der Waals surface area contributed by atoms with Crippen molar-refractivity contribution < 1.29 is 39.1 Å². The SMILES string of the molecule is O=C(NCCCCNc1ncnc2c1cnn2[C@@H]1CC[C@@H](CO)O1)c1ccc2c(c1)C1(OC2=O)c2ccc(O)cc2Oc2cc(O)ccc21. The molecule has 0 aliphatic carbocycles. The molecular formula is C35H32N6O8. The van der Waals surface area contributed by atoms with E-state index in [4.69, 9.17) is 14.2 Å². The minimum atomic E-state index is -1.45. The van der Waals surface area contributed by atoms with E-state index in [0.717, 1.165) is 24.6 Å². The number of aliphatic hydroxyl groups is 1. The molecule has 49 heavy (non-hydrogen) atoms. The van der Waals surface area contributed by atoms with E-state index in [0.29, 0.717) is 58.8 Å². The molecule has 1 fully saturated rings. The molecular weight excluding hydrogens is 632 g/mol. The van der Waals surface area contributed by atoms with Gasteiger partial charge in [-0.15, -0.1) is 0 Å². The van der Waals surface area contributed by atoms with Gasteiger partial charge in [0, 0.05) is 47.5 Å². The molecule has 1 amide bonds. The number of fused-ring (bicyclic) bond motifs is 7. The lowest BCUT2D eigenvalue weighted by molar-refractivity contribution is -0.0262. The van der Waals surface area contributed by atoms with Gasteiger partial charge in [-0.25, -0.2) is 19.4 Å². The lowest BCUT2D eigenvalue weighted by Crippen LogP contribution is -2.33. The molecule has 3 aliphatic heterocycles. The summed E-state index contributed by atoms with van der Waals surface area (Å²) in [5.74, 6) is 0.220. The van der Waals surface area contributed by atoms with E-state index >= 15 is 0 Å². The van der Waals surface area contributed by atoms with E-state index in [1.807, 2.05) is 0 Å². The number of hydrogen-bond donors (Lipinski definition) is 5. The molecule has 0 bridgehead atoms. The zero-order valence-electron chi connectivity index (χ0n) is 26.1. The van der Waals surface area contributed by atoms with Crippen molar-refractivity contribution in [3.8, 4) is 23.0 Å². The van der Waals surface area contributed by atoms with Crippen molar-refractivity contribution in [1.29, 1.82) is 0 Å². The van der Waals surface area contributed by atoms with Crippen LogP contribution in [0.15, 0.2) is 67.1 Å². The predicted octanol–water partition coefficient (Wildman–Crippen LogP) is 4.10. The van der Waals surface area contributed by atoms with E-state index in [2.05, 4.69) is 25.7 Å². The summed E-state index contributed by atoms with van der Waals surface area (Å²) in [7, 11) is 0. The number of anilines is 1. The van der Waals surface area contributed by atoms with Gasteiger partial charge in [-0.05, 0) is 68.1 Å². The van der Waals surface area contributed by atoms with Gasteiger partial charge in [-0.3, -0.25) is 4.79 Å². The summed E-state index contributed by atoms with van der Waals surface area (Å²) >= 11 is 0. The Morgan fingerprint density at radius 2 is 1.69 bits per heavy atom. The molecule has 0 radical (unpaired) electrons. The average molecular weight is 665 g/mol. The molecule has 5 heterocycles. The lowest BCUT2D eigenvalue weighted by atomic mass is 9.77. The van der Waals surface area contributed by atoms with Crippen molar-refractivity contribution in [1.82, 2.24) is 25.1 Å². The fraction of sp³-hybridized carbons (Fsp3) is 0.286. The van der Waals surface area contributed by atoms with Gasteiger partial charge < -0.3 is 40.2 Å². The van der Waals surface area contributed by atoms with Crippen molar-refractivity contribution in [2.24, 2.45) is 0 Å². The van der Waals surface area contributed by atoms with Crippen LogP contribution in [-0.2, 0) is 15.1 Å². The van der Waals surface area contributed by atoms with Crippen molar-refractivity contribution in [3.05, 3.63) is 94.9 Å². The number of carbonyl (C=O) groups is 2. The number of amides is 1. The van der Waals surface area contributed by atoms with Gasteiger partial charge in [0.05, 0.1) is 29.9 Å². The Morgan fingerprint density at radius 1 is 0.939 bits per heavy atom. The van der Waals surface area contributed by atoms with Gasteiger partial charge >= 0.3 is 5.97 Å².